The van der Waals surface area contributed by atoms with E-state index in [1.807, 2.05) is 153 Å². The third kappa shape index (κ3) is 21.8. The summed E-state index contributed by atoms with van der Waals surface area (Å²) in [7, 11) is 0. The average molecular weight is 1110 g/mol. The van der Waals surface area contributed by atoms with Crippen LogP contribution in [0, 0.1) is 76.2 Å². The van der Waals surface area contributed by atoms with Gasteiger partial charge in [-0.1, -0.05) is 264 Å². The highest BCUT2D eigenvalue weighted by Gasteiger charge is 2.03. The molecule has 0 atom stereocenters. The third-order valence-electron chi connectivity index (χ3n) is 13.5. The fraction of sp³-hybridized carbons (Fsp3) is 0.160. The Bertz CT molecular complexity index is 3570. The van der Waals surface area contributed by atoms with Crippen molar-refractivity contribution in [3.05, 3.63) is 334 Å². The van der Waals surface area contributed by atoms with Crippen LogP contribution >= 0.6 is 0 Å². The summed E-state index contributed by atoms with van der Waals surface area (Å²) in [5.41, 5.74) is 16.8. The smallest absolute Gasteiger partial charge is 0.127 e. The molecule has 0 aliphatic carbocycles. The van der Waals surface area contributed by atoms with Crippen molar-refractivity contribution in [3.63, 3.8) is 0 Å². The number of hydrogen-bond donors (Lipinski definition) is 0. The highest BCUT2D eigenvalue weighted by molar-refractivity contribution is 5.88. The monoisotopic (exact) mass is 1100 g/mol. The van der Waals surface area contributed by atoms with Crippen molar-refractivity contribution >= 4 is 21.5 Å². The van der Waals surface area contributed by atoms with E-state index in [1.165, 1.54) is 93.9 Å². The fourth-order valence-electron chi connectivity index (χ4n) is 8.52. The van der Waals surface area contributed by atoms with E-state index in [-0.39, 0.29) is 0 Å². The zero-order chi connectivity index (χ0) is 60.2. The van der Waals surface area contributed by atoms with Crippen LogP contribution in [0.3, 0.4) is 0 Å². The summed E-state index contributed by atoms with van der Waals surface area (Å²) >= 11 is 0. The zero-order valence-corrected chi connectivity index (χ0v) is 51.7. The van der Waals surface area contributed by atoms with Crippen LogP contribution in [0.4, 0.5) is 0 Å². The molecule has 3 nitrogen and oxygen atoms in total. The second-order valence-corrected chi connectivity index (χ2v) is 21.0. The van der Waals surface area contributed by atoms with E-state index in [1.54, 1.807) is 0 Å². The van der Waals surface area contributed by atoms with Gasteiger partial charge in [0.15, 0.2) is 0 Å². The first-order valence-corrected chi connectivity index (χ1v) is 29.1. The van der Waals surface area contributed by atoms with Crippen molar-refractivity contribution in [2.45, 2.75) is 90.0 Å². The van der Waals surface area contributed by atoms with E-state index < -0.39 is 0 Å². The van der Waals surface area contributed by atoms with E-state index in [0.717, 1.165) is 34.5 Å². The SMILES string of the molecule is CC.Cc1ccc(-c2ccc(C)cc2)cc1.Cc1ccc(C)c2ccccc12.Cc1ccc(Oc2ccc(C)cc2)cc1.Cc1ccc(Oc2ccc(Oc3ccc(C)cc3)cc2)cc1.Cc1ccc2cc(C)ccc2c1.Cc1ccccc1. The second kappa shape index (κ2) is 33.5. The van der Waals surface area contributed by atoms with Crippen LogP contribution in [0.1, 0.15) is 75.0 Å². The van der Waals surface area contributed by atoms with E-state index in [0.29, 0.717) is 0 Å². The lowest BCUT2D eigenvalue weighted by atomic mass is 10.0. The number of hydrogen-bond acceptors (Lipinski definition) is 3. The predicted molar refractivity (Wildman–Crippen MR) is 362 cm³/mol. The molecule has 0 N–H and O–H groups in total. The van der Waals surface area contributed by atoms with Gasteiger partial charge in [0.25, 0.3) is 0 Å². The van der Waals surface area contributed by atoms with E-state index in [2.05, 4.69) is 210 Å². The lowest BCUT2D eigenvalue weighted by Gasteiger charge is -2.08. The molecule has 0 fully saturated rings. The molecule has 0 amide bonds. The molecule has 0 unspecified atom stereocenters. The summed E-state index contributed by atoms with van der Waals surface area (Å²) in [6, 6.07) is 93.2. The van der Waals surface area contributed by atoms with Gasteiger partial charge in [-0.3, -0.25) is 0 Å². The Morgan fingerprint density at radius 2 is 0.405 bits per heavy atom. The number of ether oxygens (including phenoxy) is 3. The average Bonchev–Trinajstić information content (AvgIpc) is 3.72. The predicted octanol–water partition coefficient (Wildman–Crippen LogP) is 23.9. The van der Waals surface area contributed by atoms with Gasteiger partial charge in [0.1, 0.15) is 34.5 Å². The van der Waals surface area contributed by atoms with Crippen LogP contribution in [0.15, 0.2) is 273 Å². The Morgan fingerprint density at radius 1 is 0.190 bits per heavy atom. The van der Waals surface area contributed by atoms with Crippen LogP contribution in [0.5, 0.6) is 34.5 Å². The molecule has 3 heteroatoms. The highest BCUT2D eigenvalue weighted by atomic mass is 16.5. The molecule has 0 aliphatic rings. The van der Waals surface area contributed by atoms with Crippen molar-refractivity contribution in [1.82, 2.24) is 0 Å². The maximum atomic E-state index is 5.80. The van der Waals surface area contributed by atoms with Crippen LogP contribution in [-0.4, -0.2) is 0 Å². The van der Waals surface area contributed by atoms with Crippen LogP contribution in [0.25, 0.3) is 32.7 Å². The molecule has 0 saturated carbocycles. The molecule has 0 radical (unpaired) electrons. The van der Waals surface area contributed by atoms with Gasteiger partial charge in [0.05, 0.1) is 0 Å². The Hall–Kier alpha value is -9.44. The standard InChI is InChI=1S/C20H18O2.C14H14O.C14H14.2C12H12.C7H8.C2H6/c1-15-3-7-17(8-4-15)21-19-11-13-20(14-12-19)22-18-9-5-16(2)6-10-18;1-11-3-7-13(8-4-11)15-14-9-5-12(2)6-10-14;1-11-3-7-13(8-4-11)14-9-5-12(2)6-10-14;1-9-3-5-12-8-10(2)4-6-11(12)7-9;1-9-7-8-10(2)12-6-4-3-5-11(9)12;1-7-5-3-2-4-6-7;1-2/h3-14H,1-2H3;3-10H,1-2H3;3-10H,1-2H3;2*3-8H,1-2H3;2-6H,1H3;1-2H3. The second-order valence-electron chi connectivity index (χ2n) is 21.0. The molecule has 0 bridgehead atoms. The van der Waals surface area contributed by atoms with E-state index in [4.69, 9.17) is 14.2 Å². The summed E-state index contributed by atoms with van der Waals surface area (Å²) in [5.74, 6) is 5.00. The summed E-state index contributed by atoms with van der Waals surface area (Å²) in [4.78, 5) is 0. The number of aryl methyl sites for hydroxylation is 11. The van der Waals surface area contributed by atoms with E-state index >= 15 is 0 Å². The Labute approximate surface area is 502 Å². The Morgan fingerprint density at radius 3 is 0.655 bits per heavy atom. The summed E-state index contributed by atoms with van der Waals surface area (Å²) in [6.45, 7) is 27.1. The molecular formula is C81H84O3. The molecule has 0 aliphatic heterocycles. The Balaban J connectivity index is 0.000000165. The topological polar surface area (TPSA) is 27.7 Å². The molecule has 12 aromatic rings. The van der Waals surface area contributed by atoms with E-state index in [9.17, 15) is 0 Å². The fourth-order valence-corrected chi connectivity index (χ4v) is 8.52. The van der Waals surface area contributed by atoms with Crippen molar-refractivity contribution in [3.8, 4) is 45.6 Å². The van der Waals surface area contributed by atoms with Crippen molar-refractivity contribution in [2.24, 2.45) is 0 Å². The van der Waals surface area contributed by atoms with Gasteiger partial charge in [-0.25, -0.2) is 0 Å². The molecule has 12 rings (SSSR count). The number of fused-ring (bicyclic) bond motifs is 2. The van der Waals surface area contributed by atoms with Crippen molar-refractivity contribution < 1.29 is 14.2 Å². The minimum Gasteiger partial charge on any atom is -0.457 e. The maximum absolute atomic E-state index is 5.80. The molecule has 0 saturated heterocycles. The minimum atomic E-state index is 0.792. The van der Waals surface area contributed by atoms with Gasteiger partial charge in [0.2, 0.25) is 0 Å². The van der Waals surface area contributed by atoms with Crippen molar-refractivity contribution in [1.29, 1.82) is 0 Å². The zero-order valence-electron chi connectivity index (χ0n) is 51.7. The minimum absolute atomic E-state index is 0.792. The largest absolute Gasteiger partial charge is 0.457 e. The molecule has 84 heavy (non-hydrogen) atoms. The molecule has 12 aromatic carbocycles. The molecule has 0 heterocycles. The molecule has 0 aromatic heterocycles. The summed E-state index contributed by atoms with van der Waals surface area (Å²) in [5, 5.41) is 5.41. The molecule has 0 spiro atoms. The first-order valence-electron chi connectivity index (χ1n) is 29.1. The first-order chi connectivity index (χ1) is 40.6. The van der Waals surface area contributed by atoms with Gasteiger partial charge >= 0.3 is 0 Å². The lowest BCUT2D eigenvalue weighted by Crippen LogP contribution is -1.86. The van der Waals surface area contributed by atoms with Gasteiger partial charge in [0, 0.05) is 0 Å². The highest BCUT2D eigenvalue weighted by Crippen LogP contribution is 2.28. The van der Waals surface area contributed by atoms with Crippen molar-refractivity contribution in [2.75, 3.05) is 0 Å². The lowest BCUT2D eigenvalue weighted by molar-refractivity contribution is 0.469. The normalized spacial score (nSPS) is 9.96. The number of benzene rings is 12. The molecule has 426 valence electrons. The Kier molecular flexibility index (Phi) is 25.4. The number of rotatable bonds is 7. The van der Waals surface area contributed by atoms with Crippen LogP contribution in [0.2, 0.25) is 0 Å². The van der Waals surface area contributed by atoms with Gasteiger partial charge in [-0.15, -0.1) is 0 Å². The quantitative estimate of drug-likeness (QED) is 0.159. The maximum Gasteiger partial charge on any atom is 0.127 e. The first kappa shape index (κ1) is 63.7. The van der Waals surface area contributed by atoms with Crippen LogP contribution < -0.4 is 14.2 Å². The van der Waals surface area contributed by atoms with Gasteiger partial charge < -0.3 is 14.2 Å². The summed E-state index contributed by atoms with van der Waals surface area (Å²) in [6.07, 6.45) is 0. The molecular weight excluding hydrogens is 1020 g/mol. The third-order valence-corrected chi connectivity index (χ3v) is 13.5. The summed E-state index contributed by atoms with van der Waals surface area (Å²) < 4.78 is 17.3. The van der Waals surface area contributed by atoms with Gasteiger partial charge in [-0.2, -0.15) is 0 Å². The van der Waals surface area contributed by atoms with Crippen LogP contribution in [-0.2, 0) is 0 Å². The van der Waals surface area contributed by atoms with Gasteiger partial charge in [-0.05, 0) is 193 Å².